The van der Waals surface area contributed by atoms with Crippen molar-refractivity contribution in [1.29, 1.82) is 0 Å². The fraction of sp³-hybridized carbons (Fsp3) is 0.125. The Hall–Kier alpha value is -2.81. The predicted molar refractivity (Wildman–Crippen MR) is 93.1 cm³/mol. The van der Waals surface area contributed by atoms with Crippen molar-refractivity contribution in [3.05, 3.63) is 53.6 Å². The monoisotopic (exact) mass is 369 g/mol. The molecule has 0 fully saturated rings. The number of aromatic hydroxyl groups is 1. The zero-order valence-corrected chi connectivity index (χ0v) is 13.8. The molecule has 132 valence electrons. The quantitative estimate of drug-likeness (QED) is 0.435. The lowest BCUT2D eigenvalue weighted by atomic mass is 10.2. The molecule has 0 unspecified atom stereocenters. The van der Waals surface area contributed by atoms with Crippen molar-refractivity contribution >= 4 is 29.2 Å². The van der Waals surface area contributed by atoms with Crippen molar-refractivity contribution in [2.45, 2.75) is 6.18 Å². The second kappa shape index (κ2) is 7.84. The molecule has 0 atom stereocenters. The predicted octanol–water partition coefficient (Wildman–Crippen LogP) is 3.74. The molecule has 0 saturated heterocycles. The van der Waals surface area contributed by atoms with Crippen molar-refractivity contribution in [2.75, 3.05) is 12.4 Å². The largest absolute Gasteiger partial charge is 0.504 e. The molecular weight excluding hydrogens is 355 g/mol. The summed E-state index contributed by atoms with van der Waals surface area (Å²) >= 11 is 4.94. The molecule has 0 spiro atoms. The van der Waals surface area contributed by atoms with E-state index in [4.69, 9.17) is 17.0 Å². The van der Waals surface area contributed by atoms with E-state index >= 15 is 0 Å². The van der Waals surface area contributed by atoms with Gasteiger partial charge in [0.2, 0.25) is 0 Å². The topological polar surface area (TPSA) is 65.9 Å². The number of alkyl halides is 3. The third kappa shape index (κ3) is 5.08. The maximum atomic E-state index is 12.9. The Morgan fingerprint density at radius 3 is 2.64 bits per heavy atom. The molecule has 0 radical (unpaired) electrons. The van der Waals surface area contributed by atoms with Crippen molar-refractivity contribution < 1.29 is 23.0 Å². The molecule has 0 aliphatic heterocycles. The minimum Gasteiger partial charge on any atom is -0.504 e. The van der Waals surface area contributed by atoms with E-state index in [0.29, 0.717) is 5.56 Å². The Bertz CT molecular complexity index is 794. The summed E-state index contributed by atoms with van der Waals surface area (Å²) in [4.78, 5) is 0. The lowest BCUT2D eigenvalue weighted by Gasteiger charge is -2.14. The fourth-order valence-electron chi connectivity index (χ4n) is 1.93. The fourth-order valence-corrected chi connectivity index (χ4v) is 2.09. The smallest absolute Gasteiger partial charge is 0.418 e. The van der Waals surface area contributed by atoms with Crippen LogP contribution in [-0.2, 0) is 6.18 Å². The SMILES string of the molecule is COc1cc(/C=N/NC(=S)Nc2ccccc2C(F)(F)F)ccc1O. The molecule has 0 aliphatic rings. The number of phenols is 1. The number of ether oxygens (including phenoxy) is 1. The Morgan fingerprint density at radius 2 is 1.96 bits per heavy atom. The number of halogens is 3. The molecule has 0 aliphatic carbocycles. The number of anilines is 1. The summed E-state index contributed by atoms with van der Waals surface area (Å²) in [5.41, 5.74) is 2.03. The molecule has 25 heavy (non-hydrogen) atoms. The minimum absolute atomic E-state index is 0.0199. The molecule has 2 rings (SSSR count). The van der Waals surface area contributed by atoms with Gasteiger partial charge in [0.1, 0.15) is 0 Å². The molecule has 9 heteroatoms. The van der Waals surface area contributed by atoms with Gasteiger partial charge < -0.3 is 15.2 Å². The third-order valence-electron chi connectivity index (χ3n) is 3.06. The summed E-state index contributed by atoms with van der Waals surface area (Å²) in [6, 6.07) is 9.53. The van der Waals surface area contributed by atoms with Crippen LogP contribution >= 0.6 is 12.2 Å². The van der Waals surface area contributed by atoms with Gasteiger partial charge in [0, 0.05) is 0 Å². The number of para-hydroxylation sites is 1. The minimum atomic E-state index is -4.49. The number of benzene rings is 2. The van der Waals surface area contributed by atoms with Crippen LogP contribution < -0.4 is 15.5 Å². The van der Waals surface area contributed by atoms with E-state index in [-0.39, 0.29) is 22.3 Å². The van der Waals surface area contributed by atoms with Gasteiger partial charge in [-0.1, -0.05) is 12.1 Å². The number of thiocarbonyl (C=S) groups is 1. The van der Waals surface area contributed by atoms with Crippen molar-refractivity contribution in [2.24, 2.45) is 5.10 Å². The molecule has 3 N–H and O–H groups in total. The number of hydrogen-bond acceptors (Lipinski definition) is 4. The van der Waals surface area contributed by atoms with Crippen LogP contribution in [0.4, 0.5) is 18.9 Å². The Balaban J connectivity index is 2.02. The maximum Gasteiger partial charge on any atom is 0.418 e. The van der Waals surface area contributed by atoms with E-state index in [1.807, 2.05) is 0 Å². The lowest BCUT2D eigenvalue weighted by molar-refractivity contribution is -0.136. The number of nitrogens with one attached hydrogen (secondary N) is 2. The van der Waals surface area contributed by atoms with Crippen molar-refractivity contribution in [3.8, 4) is 11.5 Å². The first-order valence-corrected chi connectivity index (χ1v) is 7.35. The summed E-state index contributed by atoms with van der Waals surface area (Å²) in [5.74, 6) is 0.248. The highest BCUT2D eigenvalue weighted by Crippen LogP contribution is 2.34. The first-order chi connectivity index (χ1) is 11.8. The van der Waals surface area contributed by atoms with Crippen LogP contribution in [0.2, 0.25) is 0 Å². The van der Waals surface area contributed by atoms with Crippen LogP contribution in [0.1, 0.15) is 11.1 Å². The average Bonchev–Trinajstić information content (AvgIpc) is 2.56. The van der Waals surface area contributed by atoms with Gasteiger partial charge in [-0.2, -0.15) is 18.3 Å². The normalized spacial score (nSPS) is 11.4. The number of hydrogen-bond donors (Lipinski definition) is 3. The number of nitrogens with zero attached hydrogens (tertiary/aromatic N) is 1. The van der Waals surface area contributed by atoms with Gasteiger partial charge in [0.15, 0.2) is 16.6 Å². The zero-order chi connectivity index (χ0) is 18.4. The number of rotatable bonds is 4. The van der Waals surface area contributed by atoms with Crippen LogP contribution in [0, 0.1) is 0 Å². The van der Waals surface area contributed by atoms with Gasteiger partial charge in [-0.3, -0.25) is 5.43 Å². The van der Waals surface area contributed by atoms with E-state index < -0.39 is 11.7 Å². The zero-order valence-electron chi connectivity index (χ0n) is 13.0. The Morgan fingerprint density at radius 1 is 1.24 bits per heavy atom. The van der Waals surface area contributed by atoms with Crippen molar-refractivity contribution in [1.82, 2.24) is 5.43 Å². The molecule has 0 amide bonds. The summed E-state index contributed by atoms with van der Waals surface area (Å²) in [5, 5.41) is 15.7. The van der Waals surface area contributed by atoms with E-state index in [1.165, 1.54) is 43.7 Å². The second-order valence-corrected chi connectivity index (χ2v) is 5.21. The summed E-state index contributed by atoms with van der Waals surface area (Å²) in [7, 11) is 1.41. The van der Waals surface area contributed by atoms with Crippen LogP contribution in [0.5, 0.6) is 11.5 Å². The van der Waals surface area contributed by atoms with Crippen molar-refractivity contribution in [3.63, 3.8) is 0 Å². The van der Waals surface area contributed by atoms with E-state index in [2.05, 4.69) is 15.8 Å². The van der Waals surface area contributed by atoms with Crippen LogP contribution in [0.25, 0.3) is 0 Å². The Kier molecular flexibility index (Phi) is 5.81. The summed E-state index contributed by atoms with van der Waals surface area (Å²) < 4.78 is 43.7. The highest BCUT2D eigenvalue weighted by molar-refractivity contribution is 7.80. The second-order valence-electron chi connectivity index (χ2n) is 4.80. The molecule has 0 heterocycles. The Labute approximate surface area is 147 Å². The molecule has 0 bridgehead atoms. The van der Waals surface area contributed by atoms with Crippen LogP contribution in [0.3, 0.4) is 0 Å². The highest BCUT2D eigenvalue weighted by atomic mass is 32.1. The number of methoxy groups -OCH3 is 1. The molecule has 5 nitrogen and oxygen atoms in total. The summed E-state index contributed by atoms with van der Waals surface area (Å²) in [6.07, 6.45) is -3.11. The molecule has 0 aromatic heterocycles. The molecule has 2 aromatic carbocycles. The number of phenolic OH excluding ortho intramolecular Hbond substituents is 1. The van der Waals surface area contributed by atoms with Gasteiger partial charge in [-0.05, 0) is 48.1 Å². The molecule has 2 aromatic rings. The van der Waals surface area contributed by atoms with E-state index in [9.17, 15) is 18.3 Å². The van der Waals surface area contributed by atoms with Gasteiger partial charge in [0.25, 0.3) is 0 Å². The molecule has 0 saturated carbocycles. The van der Waals surface area contributed by atoms with E-state index in [1.54, 1.807) is 6.07 Å². The summed E-state index contributed by atoms with van der Waals surface area (Å²) in [6.45, 7) is 0. The highest BCUT2D eigenvalue weighted by Gasteiger charge is 2.33. The third-order valence-corrected chi connectivity index (χ3v) is 3.26. The number of hydrazone groups is 1. The average molecular weight is 369 g/mol. The molecular formula is C16H14F3N3O2S. The van der Waals surface area contributed by atoms with E-state index in [0.717, 1.165) is 6.07 Å². The van der Waals surface area contributed by atoms with Gasteiger partial charge in [0.05, 0.1) is 24.6 Å². The van der Waals surface area contributed by atoms with Crippen LogP contribution in [0.15, 0.2) is 47.6 Å². The van der Waals surface area contributed by atoms with Crippen LogP contribution in [-0.4, -0.2) is 23.5 Å². The first-order valence-electron chi connectivity index (χ1n) is 6.94. The standard InChI is InChI=1S/C16H14F3N3O2S/c1-24-14-8-10(6-7-13(14)23)9-20-22-15(25)21-12-5-3-2-4-11(12)16(17,18)19/h2-9,23H,1H3,(H2,21,22,25)/b20-9+. The maximum absolute atomic E-state index is 12.9. The van der Waals surface area contributed by atoms with Gasteiger partial charge >= 0.3 is 6.18 Å². The first kappa shape index (κ1) is 18.5. The lowest BCUT2D eigenvalue weighted by Crippen LogP contribution is -2.25. The van der Waals surface area contributed by atoms with Gasteiger partial charge in [-0.15, -0.1) is 0 Å². The van der Waals surface area contributed by atoms with Gasteiger partial charge in [-0.25, -0.2) is 0 Å².